The van der Waals surface area contributed by atoms with Crippen LogP contribution in [0.4, 0.5) is 0 Å². The molecular weight excluding hydrogens is 302 g/mol. The normalized spacial score (nSPS) is 26.5. The second-order valence-corrected chi connectivity index (χ2v) is 7.76. The van der Waals surface area contributed by atoms with Crippen LogP contribution in [-0.2, 0) is 22.4 Å². The maximum atomic E-state index is 12.7. The van der Waals surface area contributed by atoms with Crippen LogP contribution in [0.15, 0.2) is 24.3 Å². The maximum absolute atomic E-state index is 12.7. The van der Waals surface area contributed by atoms with Gasteiger partial charge in [0.2, 0.25) is 5.91 Å². The molecule has 1 N–H and O–H groups in total. The molecule has 0 bridgehead atoms. The summed E-state index contributed by atoms with van der Waals surface area (Å²) in [5.74, 6) is -0.219. The topological polar surface area (TPSA) is 57.6 Å². The minimum Gasteiger partial charge on any atom is -0.481 e. The molecule has 0 saturated carbocycles. The molecule has 1 amide bonds. The van der Waals surface area contributed by atoms with Crippen LogP contribution in [0.3, 0.4) is 0 Å². The van der Waals surface area contributed by atoms with E-state index in [1.807, 2.05) is 13.8 Å². The number of amides is 1. The van der Waals surface area contributed by atoms with Crippen molar-refractivity contribution in [3.63, 3.8) is 0 Å². The van der Waals surface area contributed by atoms with Gasteiger partial charge in [0.1, 0.15) is 0 Å². The van der Waals surface area contributed by atoms with Crippen LogP contribution < -0.4 is 0 Å². The Morgan fingerprint density at radius 2 is 2.00 bits per heavy atom. The standard InChI is InChI=1S/C20H27NO3/c1-14(2)20(19(23)24)9-10-21(13-20)18(22)12-15-7-8-16-5-3-4-6-17(16)11-15/h3-6,14-15H,7-13H2,1-2H3,(H,23,24). The summed E-state index contributed by atoms with van der Waals surface area (Å²) in [6.07, 6.45) is 4.16. The average molecular weight is 329 g/mol. The molecule has 1 aromatic carbocycles. The third-order valence-corrected chi connectivity index (χ3v) is 6.10. The number of benzene rings is 1. The molecular formula is C20H27NO3. The lowest BCUT2D eigenvalue weighted by Crippen LogP contribution is -2.41. The molecule has 1 fully saturated rings. The number of likely N-dealkylation sites (tertiary alicyclic amines) is 1. The van der Waals surface area contributed by atoms with E-state index in [0.29, 0.717) is 31.8 Å². The number of rotatable bonds is 4. The van der Waals surface area contributed by atoms with Gasteiger partial charge in [-0.3, -0.25) is 9.59 Å². The molecule has 1 heterocycles. The molecule has 0 radical (unpaired) electrons. The Labute approximate surface area is 143 Å². The van der Waals surface area contributed by atoms with E-state index in [2.05, 4.69) is 24.3 Å². The number of carboxylic acids is 1. The van der Waals surface area contributed by atoms with E-state index in [1.54, 1.807) is 4.90 Å². The van der Waals surface area contributed by atoms with Gasteiger partial charge >= 0.3 is 5.97 Å². The van der Waals surface area contributed by atoms with E-state index >= 15 is 0 Å². The molecule has 0 spiro atoms. The van der Waals surface area contributed by atoms with Crippen molar-refractivity contribution in [2.24, 2.45) is 17.3 Å². The molecule has 1 aliphatic carbocycles. The van der Waals surface area contributed by atoms with Crippen LogP contribution in [0.2, 0.25) is 0 Å². The lowest BCUT2D eigenvalue weighted by atomic mass is 9.76. The molecule has 4 heteroatoms. The molecule has 0 aromatic heterocycles. The number of hydrogen-bond donors (Lipinski definition) is 1. The van der Waals surface area contributed by atoms with Crippen LogP contribution in [-0.4, -0.2) is 35.0 Å². The van der Waals surface area contributed by atoms with Gasteiger partial charge in [0.25, 0.3) is 0 Å². The number of aliphatic carboxylic acids is 1. The minimum atomic E-state index is -0.769. The Bertz CT molecular complexity index is 640. The van der Waals surface area contributed by atoms with E-state index in [-0.39, 0.29) is 11.8 Å². The molecule has 1 aliphatic heterocycles. The van der Waals surface area contributed by atoms with E-state index in [1.165, 1.54) is 11.1 Å². The van der Waals surface area contributed by atoms with Crippen molar-refractivity contribution in [1.29, 1.82) is 0 Å². The smallest absolute Gasteiger partial charge is 0.311 e. The van der Waals surface area contributed by atoms with E-state index in [4.69, 9.17) is 0 Å². The Morgan fingerprint density at radius 3 is 2.62 bits per heavy atom. The van der Waals surface area contributed by atoms with E-state index in [0.717, 1.165) is 19.3 Å². The van der Waals surface area contributed by atoms with Gasteiger partial charge < -0.3 is 10.0 Å². The van der Waals surface area contributed by atoms with Gasteiger partial charge in [0.15, 0.2) is 0 Å². The van der Waals surface area contributed by atoms with Gasteiger partial charge in [-0.25, -0.2) is 0 Å². The fourth-order valence-electron chi connectivity index (χ4n) is 4.26. The molecule has 2 unspecified atom stereocenters. The number of fused-ring (bicyclic) bond motifs is 1. The number of aryl methyl sites for hydroxylation is 1. The highest BCUT2D eigenvalue weighted by Crippen LogP contribution is 2.39. The van der Waals surface area contributed by atoms with Crippen LogP contribution in [0.1, 0.15) is 44.2 Å². The number of nitrogens with zero attached hydrogens (tertiary/aromatic N) is 1. The minimum absolute atomic E-state index is 0.0364. The molecule has 130 valence electrons. The summed E-state index contributed by atoms with van der Waals surface area (Å²) in [5, 5.41) is 9.63. The number of hydrogen-bond acceptors (Lipinski definition) is 2. The largest absolute Gasteiger partial charge is 0.481 e. The first-order chi connectivity index (χ1) is 11.4. The van der Waals surface area contributed by atoms with Gasteiger partial charge in [-0.2, -0.15) is 0 Å². The van der Waals surface area contributed by atoms with Crippen molar-refractivity contribution >= 4 is 11.9 Å². The fourth-order valence-corrected chi connectivity index (χ4v) is 4.26. The van der Waals surface area contributed by atoms with Gasteiger partial charge in [-0.15, -0.1) is 0 Å². The fraction of sp³-hybridized carbons (Fsp3) is 0.600. The summed E-state index contributed by atoms with van der Waals surface area (Å²) in [6, 6.07) is 8.48. The summed E-state index contributed by atoms with van der Waals surface area (Å²) >= 11 is 0. The second kappa shape index (κ2) is 6.58. The number of carbonyl (C=O) groups excluding carboxylic acids is 1. The van der Waals surface area contributed by atoms with Crippen LogP contribution in [0.25, 0.3) is 0 Å². The van der Waals surface area contributed by atoms with Crippen molar-refractivity contribution in [3.8, 4) is 0 Å². The highest BCUT2D eigenvalue weighted by molar-refractivity contribution is 5.81. The first-order valence-electron chi connectivity index (χ1n) is 9.00. The summed E-state index contributed by atoms with van der Waals surface area (Å²) in [4.78, 5) is 26.2. The Morgan fingerprint density at radius 1 is 1.29 bits per heavy atom. The third-order valence-electron chi connectivity index (χ3n) is 6.10. The predicted molar refractivity (Wildman–Crippen MR) is 92.7 cm³/mol. The monoisotopic (exact) mass is 329 g/mol. The van der Waals surface area contributed by atoms with Crippen LogP contribution in [0.5, 0.6) is 0 Å². The molecule has 4 nitrogen and oxygen atoms in total. The van der Waals surface area contributed by atoms with Crippen molar-refractivity contribution < 1.29 is 14.7 Å². The lowest BCUT2D eigenvalue weighted by Gasteiger charge is -2.29. The molecule has 2 aliphatic rings. The quantitative estimate of drug-likeness (QED) is 0.923. The van der Waals surface area contributed by atoms with E-state index in [9.17, 15) is 14.7 Å². The van der Waals surface area contributed by atoms with Gasteiger partial charge in [-0.05, 0) is 48.6 Å². The Kier molecular flexibility index (Phi) is 4.66. The highest BCUT2D eigenvalue weighted by atomic mass is 16.4. The molecule has 1 aromatic rings. The first kappa shape index (κ1) is 17.0. The van der Waals surface area contributed by atoms with E-state index < -0.39 is 11.4 Å². The van der Waals surface area contributed by atoms with Crippen LogP contribution >= 0.6 is 0 Å². The Balaban J connectivity index is 1.62. The van der Waals surface area contributed by atoms with Gasteiger partial charge in [0.05, 0.1) is 5.41 Å². The summed E-state index contributed by atoms with van der Waals surface area (Å²) < 4.78 is 0. The average Bonchev–Trinajstić information content (AvgIpc) is 3.02. The second-order valence-electron chi connectivity index (χ2n) is 7.76. The summed E-state index contributed by atoms with van der Waals surface area (Å²) in [5.41, 5.74) is 2.01. The summed E-state index contributed by atoms with van der Waals surface area (Å²) in [7, 11) is 0. The molecule has 1 saturated heterocycles. The zero-order valence-electron chi connectivity index (χ0n) is 14.6. The lowest BCUT2D eigenvalue weighted by molar-refractivity contribution is -0.151. The van der Waals surface area contributed by atoms with Gasteiger partial charge in [0, 0.05) is 19.5 Å². The Hall–Kier alpha value is -1.84. The SMILES string of the molecule is CC(C)C1(C(=O)O)CCN(C(=O)CC2CCc3ccccc3C2)C1. The molecule has 3 rings (SSSR count). The van der Waals surface area contributed by atoms with Crippen LogP contribution in [0, 0.1) is 17.3 Å². The zero-order chi connectivity index (χ0) is 17.3. The number of carboxylic acid groups (broad SMARTS) is 1. The third kappa shape index (κ3) is 3.06. The zero-order valence-corrected chi connectivity index (χ0v) is 14.6. The highest BCUT2D eigenvalue weighted by Gasteiger charge is 2.48. The first-order valence-corrected chi connectivity index (χ1v) is 9.00. The molecule has 24 heavy (non-hydrogen) atoms. The van der Waals surface area contributed by atoms with Crippen molar-refractivity contribution in [2.45, 2.75) is 46.0 Å². The molecule has 2 atom stereocenters. The van der Waals surface area contributed by atoms with Gasteiger partial charge in [-0.1, -0.05) is 38.1 Å². The predicted octanol–water partition coefficient (Wildman–Crippen LogP) is 3.14. The van der Waals surface area contributed by atoms with Crippen molar-refractivity contribution in [2.75, 3.05) is 13.1 Å². The maximum Gasteiger partial charge on any atom is 0.311 e. The van der Waals surface area contributed by atoms with Crippen molar-refractivity contribution in [3.05, 3.63) is 35.4 Å². The number of carbonyl (C=O) groups is 2. The van der Waals surface area contributed by atoms with Crippen molar-refractivity contribution in [1.82, 2.24) is 4.90 Å². The summed E-state index contributed by atoms with van der Waals surface area (Å²) in [6.45, 7) is 4.83.